The van der Waals surface area contributed by atoms with Crippen molar-refractivity contribution < 1.29 is 4.74 Å². The van der Waals surface area contributed by atoms with Gasteiger partial charge in [-0.15, -0.1) is 0 Å². The van der Waals surface area contributed by atoms with Crippen molar-refractivity contribution in [3.05, 3.63) is 30.7 Å². The number of anilines is 2. The van der Waals surface area contributed by atoms with Crippen molar-refractivity contribution in [1.29, 1.82) is 0 Å². The highest BCUT2D eigenvalue weighted by Gasteiger charge is 2.22. The van der Waals surface area contributed by atoms with Gasteiger partial charge in [0.1, 0.15) is 11.6 Å². The number of fused-ring (bicyclic) bond motifs is 1. The summed E-state index contributed by atoms with van der Waals surface area (Å²) < 4.78 is 5.50. The van der Waals surface area contributed by atoms with Gasteiger partial charge in [-0.3, -0.25) is 4.98 Å². The van der Waals surface area contributed by atoms with Crippen LogP contribution in [0, 0.1) is 0 Å². The first kappa shape index (κ1) is 14.0. The van der Waals surface area contributed by atoms with E-state index in [4.69, 9.17) is 15.5 Å². The zero-order valence-electron chi connectivity index (χ0n) is 12.9. The zero-order valence-corrected chi connectivity index (χ0v) is 12.9. The Bertz CT molecular complexity index is 845. The summed E-state index contributed by atoms with van der Waals surface area (Å²) in [5.74, 6) is 1.88. The zero-order chi connectivity index (χ0) is 15.8. The lowest BCUT2D eigenvalue weighted by Crippen LogP contribution is -2.44. The van der Waals surface area contributed by atoms with Gasteiger partial charge in [0.15, 0.2) is 5.82 Å². The van der Waals surface area contributed by atoms with Crippen molar-refractivity contribution in [3.63, 3.8) is 0 Å². The third-order valence-electron chi connectivity index (χ3n) is 4.11. The number of nitrogen functional groups attached to an aromatic ring is 1. The molecule has 7 nitrogen and oxygen atoms in total. The molecule has 0 aliphatic carbocycles. The average Bonchev–Trinajstić information content (AvgIpc) is 3.03. The van der Waals surface area contributed by atoms with E-state index in [-0.39, 0.29) is 6.04 Å². The first-order chi connectivity index (χ1) is 11.2. The van der Waals surface area contributed by atoms with Crippen LogP contribution in [0.2, 0.25) is 0 Å². The number of hydrogen-bond acceptors (Lipinski definition) is 6. The predicted octanol–water partition coefficient (Wildman–Crippen LogP) is 1.83. The molecule has 3 aromatic rings. The molecule has 3 N–H and O–H groups in total. The van der Waals surface area contributed by atoms with Gasteiger partial charge in [-0.25, -0.2) is 9.97 Å². The fourth-order valence-electron chi connectivity index (χ4n) is 2.95. The van der Waals surface area contributed by atoms with E-state index in [9.17, 15) is 0 Å². The maximum atomic E-state index is 6.03. The molecule has 1 aliphatic rings. The van der Waals surface area contributed by atoms with Crippen LogP contribution in [0.25, 0.3) is 22.3 Å². The van der Waals surface area contributed by atoms with Crippen LogP contribution in [-0.4, -0.2) is 45.7 Å². The maximum absolute atomic E-state index is 6.03. The molecule has 3 aromatic heterocycles. The van der Waals surface area contributed by atoms with Crippen molar-refractivity contribution in [2.45, 2.75) is 13.0 Å². The SMILES string of the molecule is C[C@@H]1COCCN1c1cc(N)nc(-c2cncc3[nH]ccc23)n1. The number of nitrogens with two attached hydrogens (primary N) is 1. The number of ether oxygens (including phenoxy) is 1. The molecule has 1 atom stereocenters. The third kappa shape index (κ3) is 2.49. The first-order valence-electron chi connectivity index (χ1n) is 7.63. The summed E-state index contributed by atoms with van der Waals surface area (Å²) in [7, 11) is 0. The van der Waals surface area contributed by atoms with Gasteiger partial charge in [-0.05, 0) is 13.0 Å². The number of H-pyrrole nitrogens is 1. The highest BCUT2D eigenvalue weighted by Crippen LogP contribution is 2.28. The molecule has 4 heterocycles. The molecule has 1 aliphatic heterocycles. The van der Waals surface area contributed by atoms with Gasteiger partial charge in [0.25, 0.3) is 0 Å². The first-order valence-corrected chi connectivity index (χ1v) is 7.63. The molecule has 0 aromatic carbocycles. The van der Waals surface area contributed by atoms with Crippen molar-refractivity contribution in [3.8, 4) is 11.4 Å². The Morgan fingerprint density at radius 2 is 2.26 bits per heavy atom. The second kappa shape index (κ2) is 5.51. The number of morpholine rings is 1. The lowest BCUT2D eigenvalue weighted by Gasteiger charge is -2.34. The smallest absolute Gasteiger partial charge is 0.166 e. The lowest BCUT2D eigenvalue weighted by molar-refractivity contribution is 0.0985. The third-order valence-corrected chi connectivity index (χ3v) is 4.11. The Labute approximate surface area is 133 Å². The van der Waals surface area contributed by atoms with Gasteiger partial charge >= 0.3 is 0 Å². The predicted molar refractivity (Wildman–Crippen MR) is 89.2 cm³/mol. The molecule has 1 saturated heterocycles. The highest BCUT2D eigenvalue weighted by molar-refractivity contribution is 5.92. The molecule has 0 radical (unpaired) electrons. The molecule has 1 fully saturated rings. The summed E-state index contributed by atoms with van der Waals surface area (Å²) in [6.45, 7) is 4.29. The molecule has 7 heteroatoms. The Balaban J connectivity index is 1.82. The van der Waals surface area contributed by atoms with Crippen LogP contribution < -0.4 is 10.6 Å². The van der Waals surface area contributed by atoms with Gasteiger partial charge in [-0.2, -0.15) is 0 Å². The minimum Gasteiger partial charge on any atom is -0.384 e. The van der Waals surface area contributed by atoms with Crippen molar-refractivity contribution in [2.24, 2.45) is 0 Å². The minimum absolute atomic E-state index is 0.257. The Kier molecular flexibility index (Phi) is 3.34. The summed E-state index contributed by atoms with van der Waals surface area (Å²) >= 11 is 0. The standard InChI is InChI=1S/C16H18N6O/c1-10-9-23-5-4-22(10)15-6-14(17)20-16(21-15)12-7-18-8-13-11(12)2-3-19-13/h2-3,6-8,10,19H,4-5,9H2,1H3,(H2,17,20,21)/t10-/m1/s1. The van der Waals surface area contributed by atoms with Gasteiger partial charge < -0.3 is 20.4 Å². The quantitative estimate of drug-likeness (QED) is 0.750. The molecule has 118 valence electrons. The lowest BCUT2D eigenvalue weighted by atomic mass is 10.1. The minimum atomic E-state index is 0.257. The number of rotatable bonds is 2. The number of aromatic nitrogens is 4. The topological polar surface area (TPSA) is 93.0 Å². The van der Waals surface area contributed by atoms with Crippen LogP contribution in [0.4, 0.5) is 11.6 Å². The normalized spacial score (nSPS) is 18.5. The average molecular weight is 310 g/mol. The van der Waals surface area contributed by atoms with E-state index in [1.807, 2.05) is 18.3 Å². The summed E-state index contributed by atoms with van der Waals surface area (Å²) in [6, 6.07) is 4.07. The van der Waals surface area contributed by atoms with Gasteiger partial charge in [0, 0.05) is 36.0 Å². The Morgan fingerprint density at radius 3 is 3.13 bits per heavy atom. The van der Waals surface area contributed by atoms with Gasteiger partial charge in [-0.1, -0.05) is 0 Å². The highest BCUT2D eigenvalue weighted by atomic mass is 16.5. The number of nitrogens with zero attached hydrogens (tertiary/aromatic N) is 4. The van der Waals surface area contributed by atoms with Crippen LogP contribution in [0.1, 0.15) is 6.92 Å². The van der Waals surface area contributed by atoms with Crippen LogP contribution in [-0.2, 0) is 4.74 Å². The van der Waals surface area contributed by atoms with Crippen LogP contribution in [0.5, 0.6) is 0 Å². The van der Waals surface area contributed by atoms with E-state index in [1.165, 1.54) is 0 Å². The second-order valence-corrected chi connectivity index (χ2v) is 5.72. The molecule has 0 saturated carbocycles. The Morgan fingerprint density at radius 1 is 1.35 bits per heavy atom. The van der Waals surface area contributed by atoms with Gasteiger partial charge in [0.05, 0.1) is 31.0 Å². The molecular formula is C16H18N6O. The molecule has 0 bridgehead atoms. The number of pyridine rings is 1. The van der Waals surface area contributed by atoms with E-state index in [2.05, 4.69) is 26.8 Å². The van der Waals surface area contributed by atoms with Crippen molar-refractivity contribution in [1.82, 2.24) is 19.9 Å². The molecule has 0 unspecified atom stereocenters. The van der Waals surface area contributed by atoms with Crippen molar-refractivity contribution >= 4 is 22.5 Å². The van der Waals surface area contributed by atoms with Gasteiger partial charge in [0.2, 0.25) is 0 Å². The van der Waals surface area contributed by atoms with Crippen LogP contribution in [0.3, 0.4) is 0 Å². The van der Waals surface area contributed by atoms with Crippen molar-refractivity contribution in [2.75, 3.05) is 30.4 Å². The maximum Gasteiger partial charge on any atom is 0.166 e. The molecule has 23 heavy (non-hydrogen) atoms. The summed E-state index contributed by atoms with van der Waals surface area (Å²) in [5, 5.41) is 1.03. The van der Waals surface area contributed by atoms with E-state index in [0.29, 0.717) is 24.9 Å². The molecular weight excluding hydrogens is 292 g/mol. The van der Waals surface area contributed by atoms with E-state index < -0.39 is 0 Å². The second-order valence-electron chi connectivity index (χ2n) is 5.72. The van der Waals surface area contributed by atoms with E-state index in [0.717, 1.165) is 28.8 Å². The molecule has 4 rings (SSSR count). The number of nitrogens with one attached hydrogen (secondary N) is 1. The summed E-state index contributed by atoms with van der Waals surface area (Å²) in [6.07, 6.45) is 5.45. The van der Waals surface area contributed by atoms with E-state index in [1.54, 1.807) is 12.4 Å². The largest absolute Gasteiger partial charge is 0.384 e. The van der Waals surface area contributed by atoms with E-state index >= 15 is 0 Å². The van der Waals surface area contributed by atoms with Crippen LogP contribution in [0.15, 0.2) is 30.7 Å². The fourth-order valence-corrected chi connectivity index (χ4v) is 2.95. The van der Waals surface area contributed by atoms with Crippen LogP contribution >= 0.6 is 0 Å². The molecule has 0 spiro atoms. The number of hydrogen-bond donors (Lipinski definition) is 2. The Hall–Kier alpha value is -2.67. The monoisotopic (exact) mass is 310 g/mol. The number of aromatic amines is 1. The summed E-state index contributed by atoms with van der Waals surface area (Å²) in [5.41, 5.74) is 7.86. The molecule has 0 amide bonds. The fraction of sp³-hybridized carbons (Fsp3) is 0.312. The summed E-state index contributed by atoms with van der Waals surface area (Å²) in [4.78, 5) is 18.8.